The quantitative estimate of drug-likeness (QED) is 0.501. The minimum atomic E-state index is 0.423. The smallest absolute Gasteiger partial charge is 0.191 e. The number of hydrogen-bond acceptors (Lipinski definition) is 3. The van der Waals surface area contributed by atoms with Crippen molar-refractivity contribution in [3.05, 3.63) is 60.2 Å². The first kappa shape index (κ1) is 16.0. The second kappa shape index (κ2) is 8.14. The maximum absolute atomic E-state index is 5.28. The largest absolute Gasteiger partial charge is 0.495 e. The van der Waals surface area contributed by atoms with Crippen LogP contribution in [0.2, 0.25) is 0 Å². The van der Waals surface area contributed by atoms with Crippen LogP contribution in [0.4, 0.5) is 5.69 Å². The second-order valence-corrected chi connectivity index (χ2v) is 4.95. The van der Waals surface area contributed by atoms with Crippen LogP contribution in [0.5, 0.6) is 5.75 Å². The third kappa shape index (κ3) is 4.30. The Bertz CT molecular complexity index is 656. The number of thiocarbonyl (C=S) groups is 1. The van der Waals surface area contributed by atoms with Gasteiger partial charge in [0, 0.05) is 0 Å². The van der Waals surface area contributed by atoms with E-state index in [1.165, 1.54) is 0 Å². The number of rotatable bonds is 5. The van der Waals surface area contributed by atoms with Crippen molar-refractivity contribution in [2.75, 3.05) is 12.4 Å². The van der Waals surface area contributed by atoms with E-state index in [0.717, 1.165) is 29.1 Å². The van der Waals surface area contributed by atoms with Gasteiger partial charge in [0.25, 0.3) is 0 Å². The predicted molar refractivity (Wildman–Crippen MR) is 95.6 cm³/mol. The summed E-state index contributed by atoms with van der Waals surface area (Å²) in [5.41, 5.74) is 5.72. The number of para-hydroxylation sites is 2. The Hall–Kier alpha value is -2.40. The zero-order valence-corrected chi connectivity index (χ0v) is 13.5. The van der Waals surface area contributed by atoms with Crippen LogP contribution < -0.4 is 15.5 Å². The molecule has 0 aliphatic carbocycles. The second-order valence-electron chi connectivity index (χ2n) is 4.54. The molecule has 0 fully saturated rings. The first-order valence-electron chi connectivity index (χ1n) is 7.06. The summed E-state index contributed by atoms with van der Waals surface area (Å²) in [6.07, 6.45) is 0.814. The molecule has 2 N–H and O–H groups in total. The lowest BCUT2D eigenvalue weighted by Gasteiger charge is -2.12. The van der Waals surface area contributed by atoms with Gasteiger partial charge in [0.2, 0.25) is 0 Å². The van der Waals surface area contributed by atoms with Crippen molar-refractivity contribution in [2.45, 2.75) is 13.3 Å². The van der Waals surface area contributed by atoms with E-state index in [1.807, 2.05) is 54.6 Å². The molecule has 22 heavy (non-hydrogen) atoms. The Labute approximate surface area is 136 Å². The lowest BCUT2D eigenvalue weighted by Crippen LogP contribution is -2.25. The molecular weight excluding hydrogens is 294 g/mol. The highest BCUT2D eigenvalue weighted by Gasteiger charge is 2.04. The van der Waals surface area contributed by atoms with Crippen molar-refractivity contribution in [2.24, 2.45) is 5.10 Å². The van der Waals surface area contributed by atoms with Crippen molar-refractivity contribution in [3.63, 3.8) is 0 Å². The maximum atomic E-state index is 5.28. The lowest BCUT2D eigenvalue weighted by molar-refractivity contribution is 0.417. The Balaban J connectivity index is 2.04. The van der Waals surface area contributed by atoms with Gasteiger partial charge < -0.3 is 10.1 Å². The van der Waals surface area contributed by atoms with E-state index >= 15 is 0 Å². The molecule has 0 atom stereocenters. The molecule has 0 amide bonds. The molecule has 2 aromatic rings. The Kier molecular flexibility index (Phi) is 5.91. The molecule has 0 spiro atoms. The SMILES string of the molecule is CC/C(=N\NC(=S)Nc1ccccc1OC)c1ccccc1. The molecule has 0 saturated heterocycles. The summed E-state index contributed by atoms with van der Waals surface area (Å²) in [6, 6.07) is 17.6. The molecule has 0 saturated carbocycles. The molecule has 0 bridgehead atoms. The molecule has 0 aliphatic heterocycles. The summed E-state index contributed by atoms with van der Waals surface area (Å²) >= 11 is 5.27. The van der Waals surface area contributed by atoms with E-state index < -0.39 is 0 Å². The van der Waals surface area contributed by atoms with E-state index in [-0.39, 0.29) is 0 Å². The fraction of sp³-hybridized carbons (Fsp3) is 0.176. The number of nitrogens with zero attached hydrogens (tertiary/aromatic N) is 1. The van der Waals surface area contributed by atoms with Crippen LogP contribution in [0.15, 0.2) is 59.7 Å². The number of methoxy groups -OCH3 is 1. The molecule has 5 heteroatoms. The zero-order valence-electron chi connectivity index (χ0n) is 12.7. The third-order valence-electron chi connectivity index (χ3n) is 3.09. The summed E-state index contributed by atoms with van der Waals surface area (Å²) in [5.74, 6) is 0.731. The summed E-state index contributed by atoms with van der Waals surface area (Å²) < 4.78 is 5.28. The van der Waals surface area contributed by atoms with Crippen LogP contribution in [-0.4, -0.2) is 17.9 Å². The number of nitrogens with one attached hydrogen (secondary N) is 2. The number of hydrazone groups is 1. The first-order valence-corrected chi connectivity index (χ1v) is 7.47. The van der Waals surface area contributed by atoms with E-state index in [0.29, 0.717) is 5.11 Å². The van der Waals surface area contributed by atoms with Crippen molar-refractivity contribution < 1.29 is 4.74 Å². The molecule has 0 heterocycles. The standard InChI is InChI=1S/C17H19N3OS/c1-3-14(13-9-5-4-6-10-13)19-20-17(22)18-15-11-7-8-12-16(15)21-2/h4-12H,3H2,1-2H3,(H2,18,20,22)/b19-14+. The topological polar surface area (TPSA) is 45.7 Å². The number of anilines is 1. The highest BCUT2D eigenvalue weighted by molar-refractivity contribution is 7.80. The van der Waals surface area contributed by atoms with E-state index in [1.54, 1.807) is 7.11 Å². The van der Waals surface area contributed by atoms with E-state index in [4.69, 9.17) is 17.0 Å². The summed E-state index contributed by atoms with van der Waals surface area (Å²) in [4.78, 5) is 0. The molecule has 0 aliphatic rings. The predicted octanol–water partition coefficient (Wildman–Crippen LogP) is 3.80. The molecule has 0 unspecified atom stereocenters. The van der Waals surface area contributed by atoms with Crippen molar-refractivity contribution in [1.29, 1.82) is 0 Å². The van der Waals surface area contributed by atoms with E-state index in [9.17, 15) is 0 Å². The Morgan fingerprint density at radius 1 is 1.09 bits per heavy atom. The van der Waals surface area contributed by atoms with Gasteiger partial charge in [-0.1, -0.05) is 49.4 Å². The lowest BCUT2D eigenvalue weighted by atomic mass is 10.1. The van der Waals surface area contributed by atoms with Gasteiger partial charge in [-0.3, -0.25) is 5.43 Å². The highest BCUT2D eigenvalue weighted by Crippen LogP contribution is 2.22. The highest BCUT2D eigenvalue weighted by atomic mass is 32.1. The van der Waals surface area contributed by atoms with Gasteiger partial charge >= 0.3 is 0 Å². The maximum Gasteiger partial charge on any atom is 0.191 e. The van der Waals surface area contributed by atoms with Gasteiger partial charge in [-0.2, -0.15) is 5.10 Å². The van der Waals surface area contributed by atoms with Crippen LogP contribution in [0, 0.1) is 0 Å². The van der Waals surface area contributed by atoms with Gasteiger partial charge in [0.1, 0.15) is 5.75 Å². The molecule has 4 nitrogen and oxygen atoms in total. The van der Waals surface area contributed by atoms with Gasteiger partial charge in [-0.05, 0) is 36.3 Å². The van der Waals surface area contributed by atoms with Crippen molar-refractivity contribution in [1.82, 2.24) is 5.43 Å². The summed E-state index contributed by atoms with van der Waals surface area (Å²) in [6.45, 7) is 2.06. The number of ether oxygens (including phenoxy) is 1. The van der Waals surface area contributed by atoms with Crippen molar-refractivity contribution >= 4 is 28.7 Å². The van der Waals surface area contributed by atoms with Gasteiger partial charge in [-0.25, -0.2) is 0 Å². The van der Waals surface area contributed by atoms with Crippen molar-refractivity contribution in [3.8, 4) is 5.75 Å². The third-order valence-corrected chi connectivity index (χ3v) is 3.28. The molecule has 114 valence electrons. The average molecular weight is 313 g/mol. The monoisotopic (exact) mass is 313 g/mol. The molecular formula is C17H19N3OS. The van der Waals surface area contributed by atoms with Crippen LogP contribution in [0.1, 0.15) is 18.9 Å². The summed E-state index contributed by atoms with van der Waals surface area (Å²) in [5, 5.41) is 7.89. The van der Waals surface area contributed by atoms with Crippen LogP contribution >= 0.6 is 12.2 Å². The summed E-state index contributed by atoms with van der Waals surface area (Å²) in [7, 11) is 1.62. The average Bonchev–Trinajstić information content (AvgIpc) is 2.57. The van der Waals surface area contributed by atoms with Gasteiger partial charge in [0.15, 0.2) is 5.11 Å². The minimum Gasteiger partial charge on any atom is -0.495 e. The Morgan fingerprint density at radius 2 is 1.77 bits per heavy atom. The normalized spacial score (nSPS) is 10.9. The number of benzene rings is 2. The zero-order chi connectivity index (χ0) is 15.8. The van der Waals surface area contributed by atoms with E-state index in [2.05, 4.69) is 22.8 Å². The van der Waals surface area contributed by atoms with Crippen LogP contribution in [0.25, 0.3) is 0 Å². The number of hydrogen-bond donors (Lipinski definition) is 2. The fourth-order valence-corrected chi connectivity index (χ4v) is 2.15. The van der Waals surface area contributed by atoms with Crippen LogP contribution in [0.3, 0.4) is 0 Å². The molecule has 2 rings (SSSR count). The molecule has 2 aromatic carbocycles. The minimum absolute atomic E-state index is 0.423. The molecule has 0 aromatic heterocycles. The molecule has 0 radical (unpaired) electrons. The van der Waals surface area contributed by atoms with Crippen LogP contribution in [-0.2, 0) is 0 Å². The fourth-order valence-electron chi connectivity index (χ4n) is 1.99. The van der Waals surface area contributed by atoms with Gasteiger partial charge in [-0.15, -0.1) is 0 Å². The van der Waals surface area contributed by atoms with Gasteiger partial charge in [0.05, 0.1) is 18.5 Å². The Morgan fingerprint density at radius 3 is 2.45 bits per heavy atom. The first-order chi connectivity index (χ1) is 10.7.